The van der Waals surface area contributed by atoms with Crippen molar-refractivity contribution in [2.24, 2.45) is 0 Å². The van der Waals surface area contributed by atoms with Crippen LogP contribution in [-0.2, 0) is 14.8 Å². The third kappa shape index (κ3) is 5.35. The largest absolute Gasteiger partial charge is 0.480 e. The van der Waals surface area contributed by atoms with Crippen LogP contribution in [0.25, 0.3) is 0 Å². The number of sulfonamides is 1. The standard InChI is InChI=1S/C15H12Cl2N2O5S/c16-10-5-11(17)7-13(6-10)25(23,24)19-12-3-1-9(2-4-12)15(22)18-8-14(20)21/h1-7,19H,8H2,(H,18,22)(H,20,21). The van der Waals surface area contributed by atoms with Gasteiger partial charge in [0.15, 0.2) is 0 Å². The highest BCUT2D eigenvalue weighted by molar-refractivity contribution is 7.92. The predicted molar refractivity (Wildman–Crippen MR) is 93.7 cm³/mol. The Hall–Kier alpha value is -2.29. The molecule has 3 N–H and O–H groups in total. The van der Waals surface area contributed by atoms with Crippen molar-refractivity contribution < 1.29 is 23.1 Å². The number of carbonyl (C=O) groups excluding carboxylic acids is 1. The van der Waals surface area contributed by atoms with Crippen LogP contribution in [0.2, 0.25) is 10.0 Å². The molecule has 2 rings (SSSR count). The quantitative estimate of drug-likeness (QED) is 0.687. The molecule has 2 aromatic rings. The SMILES string of the molecule is O=C(O)CNC(=O)c1ccc(NS(=O)(=O)c2cc(Cl)cc(Cl)c2)cc1. The van der Waals surface area contributed by atoms with Gasteiger partial charge in [-0.15, -0.1) is 0 Å². The number of benzene rings is 2. The van der Waals surface area contributed by atoms with Gasteiger partial charge in [0.25, 0.3) is 15.9 Å². The van der Waals surface area contributed by atoms with Crippen LogP contribution in [0.15, 0.2) is 47.4 Å². The Balaban J connectivity index is 2.15. The summed E-state index contributed by atoms with van der Waals surface area (Å²) in [7, 11) is -3.91. The van der Waals surface area contributed by atoms with E-state index in [0.29, 0.717) is 0 Å². The van der Waals surface area contributed by atoms with E-state index in [1.54, 1.807) is 0 Å². The van der Waals surface area contributed by atoms with E-state index in [2.05, 4.69) is 10.0 Å². The molecule has 10 heteroatoms. The molecule has 0 spiro atoms. The molecule has 2 aromatic carbocycles. The fourth-order valence-corrected chi connectivity index (χ4v) is 3.63. The van der Waals surface area contributed by atoms with Gasteiger partial charge in [-0.05, 0) is 42.5 Å². The Morgan fingerprint density at radius 1 is 1.00 bits per heavy atom. The number of carbonyl (C=O) groups is 2. The maximum Gasteiger partial charge on any atom is 0.322 e. The lowest BCUT2D eigenvalue weighted by molar-refractivity contribution is -0.135. The van der Waals surface area contributed by atoms with Gasteiger partial charge in [0.1, 0.15) is 6.54 Å². The van der Waals surface area contributed by atoms with E-state index < -0.39 is 28.4 Å². The molecular weight excluding hydrogens is 391 g/mol. The second kappa shape index (κ2) is 7.73. The molecule has 0 atom stereocenters. The van der Waals surface area contributed by atoms with Crippen molar-refractivity contribution in [1.82, 2.24) is 5.32 Å². The van der Waals surface area contributed by atoms with E-state index in [0.717, 1.165) is 0 Å². The average Bonchev–Trinajstić information content (AvgIpc) is 2.52. The van der Waals surface area contributed by atoms with Crippen molar-refractivity contribution in [3.63, 3.8) is 0 Å². The normalized spacial score (nSPS) is 11.0. The lowest BCUT2D eigenvalue weighted by Crippen LogP contribution is -2.29. The lowest BCUT2D eigenvalue weighted by Gasteiger charge is -2.09. The molecule has 0 saturated carbocycles. The van der Waals surface area contributed by atoms with Crippen LogP contribution in [-0.4, -0.2) is 31.9 Å². The highest BCUT2D eigenvalue weighted by atomic mass is 35.5. The van der Waals surface area contributed by atoms with Gasteiger partial charge in [-0.2, -0.15) is 0 Å². The maximum atomic E-state index is 12.3. The van der Waals surface area contributed by atoms with Crippen molar-refractivity contribution in [1.29, 1.82) is 0 Å². The Morgan fingerprint density at radius 2 is 1.56 bits per heavy atom. The van der Waals surface area contributed by atoms with E-state index in [-0.39, 0.29) is 26.2 Å². The first-order valence-electron chi connectivity index (χ1n) is 6.76. The Bertz CT molecular complexity index is 894. The van der Waals surface area contributed by atoms with Gasteiger partial charge in [-0.25, -0.2) is 8.42 Å². The number of nitrogens with one attached hydrogen (secondary N) is 2. The van der Waals surface area contributed by atoms with Gasteiger partial charge in [-0.1, -0.05) is 23.2 Å². The molecule has 0 bridgehead atoms. The first kappa shape index (κ1) is 19.0. The zero-order valence-electron chi connectivity index (χ0n) is 12.5. The summed E-state index contributed by atoms with van der Waals surface area (Å²) in [5, 5.41) is 11.1. The first-order valence-corrected chi connectivity index (χ1v) is 9.00. The molecule has 0 radical (unpaired) electrons. The van der Waals surface area contributed by atoms with Gasteiger partial charge in [-0.3, -0.25) is 14.3 Å². The number of hydrogen-bond acceptors (Lipinski definition) is 4. The number of carboxylic acids is 1. The summed E-state index contributed by atoms with van der Waals surface area (Å²) in [6.07, 6.45) is 0. The number of amides is 1. The van der Waals surface area contributed by atoms with Gasteiger partial charge in [0, 0.05) is 21.3 Å². The average molecular weight is 403 g/mol. The van der Waals surface area contributed by atoms with Crippen LogP contribution in [0, 0.1) is 0 Å². The van der Waals surface area contributed by atoms with E-state index in [4.69, 9.17) is 28.3 Å². The monoisotopic (exact) mass is 402 g/mol. The molecule has 0 aromatic heterocycles. The summed E-state index contributed by atoms with van der Waals surface area (Å²) in [4.78, 5) is 22.0. The second-order valence-corrected chi connectivity index (χ2v) is 7.42. The van der Waals surface area contributed by atoms with Crippen molar-refractivity contribution >= 4 is 50.8 Å². The molecular formula is C15H12Cl2N2O5S. The smallest absolute Gasteiger partial charge is 0.322 e. The third-order valence-corrected chi connectivity index (χ3v) is 4.74. The lowest BCUT2D eigenvalue weighted by atomic mass is 10.2. The Morgan fingerprint density at radius 3 is 2.08 bits per heavy atom. The van der Waals surface area contributed by atoms with Crippen LogP contribution >= 0.6 is 23.2 Å². The number of halogens is 2. The van der Waals surface area contributed by atoms with Crippen molar-refractivity contribution in [2.45, 2.75) is 4.90 Å². The molecule has 0 aliphatic heterocycles. The molecule has 0 heterocycles. The van der Waals surface area contributed by atoms with Gasteiger partial charge in [0.05, 0.1) is 4.90 Å². The highest BCUT2D eigenvalue weighted by Crippen LogP contribution is 2.24. The summed E-state index contributed by atoms with van der Waals surface area (Å²) >= 11 is 11.6. The summed E-state index contributed by atoms with van der Waals surface area (Å²) in [5.41, 5.74) is 0.404. The van der Waals surface area contributed by atoms with E-state index in [9.17, 15) is 18.0 Å². The molecule has 132 valence electrons. The van der Waals surface area contributed by atoms with Crippen molar-refractivity contribution in [2.75, 3.05) is 11.3 Å². The van der Waals surface area contributed by atoms with E-state index >= 15 is 0 Å². The van der Waals surface area contributed by atoms with Crippen LogP contribution in [0.3, 0.4) is 0 Å². The van der Waals surface area contributed by atoms with Gasteiger partial charge in [0.2, 0.25) is 0 Å². The molecule has 1 amide bonds. The van der Waals surface area contributed by atoms with E-state index in [1.165, 1.54) is 42.5 Å². The van der Waals surface area contributed by atoms with Gasteiger partial charge < -0.3 is 10.4 Å². The molecule has 25 heavy (non-hydrogen) atoms. The summed E-state index contributed by atoms with van der Waals surface area (Å²) in [6, 6.07) is 9.39. The van der Waals surface area contributed by atoms with Gasteiger partial charge >= 0.3 is 5.97 Å². The van der Waals surface area contributed by atoms with Crippen LogP contribution < -0.4 is 10.0 Å². The second-order valence-electron chi connectivity index (χ2n) is 4.86. The molecule has 0 saturated heterocycles. The first-order chi connectivity index (χ1) is 11.7. The number of aliphatic carboxylic acids is 1. The number of rotatable bonds is 6. The maximum absolute atomic E-state index is 12.3. The minimum atomic E-state index is -3.91. The Labute approximate surface area is 153 Å². The molecule has 0 aliphatic rings. The third-order valence-electron chi connectivity index (χ3n) is 2.95. The fraction of sp³-hybridized carbons (Fsp3) is 0.0667. The zero-order chi connectivity index (χ0) is 18.6. The number of carboxylic acid groups (broad SMARTS) is 1. The number of anilines is 1. The molecule has 0 aliphatic carbocycles. The molecule has 0 fully saturated rings. The van der Waals surface area contributed by atoms with Crippen LogP contribution in [0.5, 0.6) is 0 Å². The topological polar surface area (TPSA) is 113 Å². The fourth-order valence-electron chi connectivity index (χ4n) is 1.85. The zero-order valence-corrected chi connectivity index (χ0v) is 14.8. The number of hydrogen-bond donors (Lipinski definition) is 3. The van der Waals surface area contributed by atoms with Crippen molar-refractivity contribution in [3.8, 4) is 0 Å². The minimum Gasteiger partial charge on any atom is -0.480 e. The van der Waals surface area contributed by atoms with E-state index in [1.807, 2.05) is 0 Å². The van der Waals surface area contributed by atoms with Crippen molar-refractivity contribution in [3.05, 3.63) is 58.1 Å². The van der Waals surface area contributed by atoms with Crippen LogP contribution in [0.1, 0.15) is 10.4 Å². The predicted octanol–water partition coefficient (Wildman–Crippen LogP) is 2.61. The minimum absolute atomic E-state index is 0.103. The highest BCUT2D eigenvalue weighted by Gasteiger charge is 2.16. The van der Waals surface area contributed by atoms with Crippen LogP contribution in [0.4, 0.5) is 5.69 Å². The summed E-state index contributed by atoms with van der Waals surface area (Å²) < 4.78 is 27.0. The molecule has 7 nitrogen and oxygen atoms in total. The summed E-state index contributed by atoms with van der Waals surface area (Å²) in [6.45, 7) is -0.511. The summed E-state index contributed by atoms with van der Waals surface area (Å²) in [5.74, 6) is -1.75. The Kier molecular flexibility index (Phi) is 5.89. The molecule has 0 unspecified atom stereocenters.